The number of likely N-dealkylation sites (tertiary alicyclic amines) is 1. The molecule has 2 aromatic heterocycles. The number of piperidine rings is 1. The van der Waals surface area contributed by atoms with Crippen LogP contribution in [-0.4, -0.2) is 66.1 Å². The van der Waals surface area contributed by atoms with E-state index in [9.17, 15) is 5.26 Å². The number of aromatic nitrogens is 3. The first kappa shape index (κ1) is 29.0. The van der Waals surface area contributed by atoms with Gasteiger partial charge in [0.2, 0.25) is 5.88 Å². The fourth-order valence-electron chi connectivity index (χ4n) is 5.63. The van der Waals surface area contributed by atoms with E-state index in [2.05, 4.69) is 21.4 Å². The Kier molecular flexibility index (Phi) is 7.83. The van der Waals surface area contributed by atoms with Crippen molar-refractivity contribution in [3.05, 3.63) is 52.6 Å². The van der Waals surface area contributed by atoms with Gasteiger partial charge in [0.1, 0.15) is 17.5 Å². The van der Waals surface area contributed by atoms with Crippen LogP contribution in [0.3, 0.4) is 0 Å². The van der Waals surface area contributed by atoms with Gasteiger partial charge < -0.3 is 19.9 Å². The number of ether oxygens (including phenoxy) is 1. The second-order valence-electron chi connectivity index (χ2n) is 11.6. The maximum Gasteiger partial charge on any atom is 0.278 e. The van der Waals surface area contributed by atoms with Crippen molar-refractivity contribution in [2.45, 2.75) is 56.5 Å². The molecule has 2 aliphatic rings. The molecule has 1 atom stereocenters. The summed E-state index contributed by atoms with van der Waals surface area (Å²) in [5.74, 6) is -3.92. The second kappa shape index (κ2) is 11.1. The summed E-state index contributed by atoms with van der Waals surface area (Å²) in [7, 11) is 7.18. The third-order valence-electron chi connectivity index (χ3n) is 8.27. The molecule has 0 radical (unpaired) electrons. The number of pyridine rings is 1. The molecule has 8 nitrogen and oxygen atoms in total. The number of rotatable bonds is 9. The molecule has 1 saturated heterocycles. The minimum absolute atomic E-state index is 0.119. The fraction of sp³-hybridized carbons (Fsp3) is 0.533. The predicted octanol–water partition coefficient (Wildman–Crippen LogP) is 5.40. The molecule has 1 N–H and O–H groups in total. The molecule has 3 aromatic rings. The number of halogens is 3. The lowest BCUT2D eigenvalue weighted by molar-refractivity contribution is -0.0862. The van der Waals surface area contributed by atoms with Crippen LogP contribution in [0.2, 0.25) is 0 Å². The third kappa shape index (κ3) is 5.55. The van der Waals surface area contributed by atoms with Gasteiger partial charge in [-0.3, -0.25) is 0 Å². The minimum Gasteiger partial charge on any atom is -0.481 e. The molecule has 218 valence electrons. The van der Waals surface area contributed by atoms with E-state index in [1.54, 1.807) is 6.92 Å². The van der Waals surface area contributed by atoms with Crippen molar-refractivity contribution in [2.75, 3.05) is 46.7 Å². The van der Waals surface area contributed by atoms with Crippen molar-refractivity contribution in [1.29, 1.82) is 5.26 Å². The highest BCUT2D eigenvalue weighted by Crippen LogP contribution is 2.51. The van der Waals surface area contributed by atoms with Crippen LogP contribution in [0.1, 0.15) is 61.2 Å². The number of benzene rings is 1. The van der Waals surface area contributed by atoms with Crippen LogP contribution in [0.25, 0.3) is 11.0 Å². The summed E-state index contributed by atoms with van der Waals surface area (Å²) in [5.41, 5.74) is -0.118. The zero-order chi connectivity index (χ0) is 29.5. The number of alkyl halides is 2. The molecule has 2 fully saturated rings. The zero-order valence-electron chi connectivity index (χ0n) is 24.1. The largest absolute Gasteiger partial charge is 0.481 e. The van der Waals surface area contributed by atoms with Gasteiger partial charge >= 0.3 is 0 Å². The predicted molar refractivity (Wildman–Crippen MR) is 150 cm³/mol. The summed E-state index contributed by atoms with van der Waals surface area (Å²) in [6.07, 6.45) is 2.00. The molecule has 1 aromatic carbocycles. The molecule has 3 heterocycles. The van der Waals surface area contributed by atoms with Gasteiger partial charge in [0.05, 0.1) is 42.1 Å². The van der Waals surface area contributed by atoms with Gasteiger partial charge in [-0.05, 0) is 72.9 Å². The van der Waals surface area contributed by atoms with Gasteiger partial charge in [-0.1, -0.05) is 18.2 Å². The zero-order valence-corrected chi connectivity index (χ0v) is 24.1. The van der Waals surface area contributed by atoms with E-state index in [1.807, 2.05) is 37.0 Å². The number of nitriles is 1. The maximum absolute atomic E-state index is 15.9. The quantitative estimate of drug-likeness (QED) is 0.368. The Morgan fingerprint density at radius 3 is 2.54 bits per heavy atom. The Balaban J connectivity index is 1.54. The first-order valence-electron chi connectivity index (χ1n) is 13.9. The lowest BCUT2D eigenvalue weighted by Crippen LogP contribution is -2.38. The lowest BCUT2D eigenvalue weighted by atomic mass is 9.85. The molecule has 11 heteroatoms. The first-order chi connectivity index (χ1) is 19.5. The summed E-state index contributed by atoms with van der Waals surface area (Å²) < 4.78 is 52.6. The second-order valence-corrected chi connectivity index (χ2v) is 11.6. The molecule has 0 amide bonds. The fourth-order valence-corrected chi connectivity index (χ4v) is 5.63. The molecule has 0 unspecified atom stereocenters. The van der Waals surface area contributed by atoms with E-state index in [-0.39, 0.29) is 5.56 Å². The van der Waals surface area contributed by atoms with E-state index >= 15 is 13.2 Å². The van der Waals surface area contributed by atoms with E-state index in [0.29, 0.717) is 79.4 Å². The number of hydrogen-bond donors (Lipinski definition) is 1. The number of hydrogen-bond acceptors (Lipinski definition) is 8. The molecule has 5 rings (SSSR count). The van der Waals surface area contributed by atoms with E-state index < -0.39 is 34.7 Å². The molecule has 1 saturated carbocycles. The van der Waals surface area contributed by atoms with Gasteiger partial charge in [-0.15, -0.1) is 0 Å². The molecule has 0 bridgehead atoms. The van der Waals surface area contributed by atoms with Crippen LogP contribution in [-0.2, 0) is 17.9 Å². The molecular formula is C30H36F3N7O. The summed E-state index contributed by atoms with van der Waals surface area (Å²) in [4.78, 5) is 17.9. The van der Waals surface area contributed by atoms with Crippen LogP contribution < -0.4 is 10.1 Å². The van der Waals surface area contributed by atoms with Gasteiger partial charge in [0, 0.05) is 17.0 Å². The van der Waals surface area contributed by atoms with Crippen molar-refractivity contribution >= 4 is 16.9 Å². The van der Waals surface area contributed by atoms with Crippen LogP contribution in [0.4, 0.5) is 19.0 Å². The number of nitrogens with zero attached hydrogens (tertiary/aromatic N) is 6. The summed E-state index contributed by atoms with van der Waals surface area (Å²) in [6, 6.07) is 7.68. The summed E-state index contributed by atoms with van der Waals surface area (Å²) in [5, 5.41) is 13.6. The van der Waals surface area contributed by atoms with Gasteiger partial charge in [0.15, 0.2) is 5.65 Å². The Morgan fingerprint density at radius 1 is 1.22 bits per heavy atom. The van der Waals surface area contributed by atoms with Crippen molar-refractivity contribution in [3.8, 4) is 11.9 Å². The topological polar surface area (TPSA) is 90.2 Å². The van der Waals surface area contributed by atoms with Gasteiger partial charge in [-0.2, -0.15) is 10.2 Å². The Hall–Kier alpha value is -3.49. The summed E-state index contributed by atoms with van der Waals surface area (Å²) >= 11 is 0. The van der Waals surface area contributed by atoms with E-state index in [4.69, 9.17) is 9.72 Å². The normalized spacial score (nSPS) is 18.3. The van der Waals surface area contributed by atoms with Crippen molar-refractivity contribution in [3.63, 3.8) is 0 Å². The van der Waals surface area contributed by atoms with E-state index in [1.165, 1.54) is 25.3 Å². The van der Waals surface area contributed by atoms with Crippen LogP contribution in [0, 0.1) is 23.1 Å². The maximum atomic E-state index is 15.9. The SMILES string of the molecule is COc1nc2nc(CN(C)C)nc(N[C@H](C)c3cccc(C(F)(F)C4CCN(C)CC4)c3F)c2cc1C1(C#N)CC1. The van der Waals surface area contributed by atoms with Gasteiger partial charge in [-0.25, -0.2) is 23.1 Å². The smallest absolute Gasteiger partial charge is 0.278 e. The molecular weight excluding hydrogens is 531 g/mol. The Bertz CT molecular complexity index is 1480. The molecule has 1 aliphatic heterocycles. The summed E-state index contributed by atoms with van der Waals surface area (Å²) in [6.45, 7) is 3.25. The monoisotopic (exact) mass is 567 g/mol. The highest BCUT2D eigenvalue weighted by atomic mass is 19.3. The third-order valence-corrected chi connectivity index (χ3v) is 8.27. The van der Waals surface area contributed by atoms with Crippen LogP contribution >= 0.6 is 0 Å². The Labute approximate surface area is 238 Å². The number of fused-ring (bicyclic) bond motifs is 1. The number of anilines is 1. The Morgan fingerprint density at radius 2 is 1.93 bits per heavy atom. The average molecular weight is 568 g/mol. The highest BCUT2D eigenvalue weighted by molar-refractivity contribution is 5.88. The minimum atomic E-state index is -3.28. The average Bonchev–Trinajstić information content (AvgIpc) is 3.73. The van der Waals surface area contributed by atoms with Gasteiger partial charge in [0.25, 0.3) is 5.92 Å². The van der Waals surface area contributed by atoms with Crippen molar-refractivity contribution < 1.29 is 17.9 Å². The van der Waals surface area contributed by atoms with Crippen LogP contribution in [0.5, 0.6) is 5.88 Å². The van der Waals surface area contributed by atoms with Crippen LogP contribution in [0.15, 0.2) is 24.3 Å². The number of methoxy groups -OCH3 is 1. The highest BCUT2D eigenvalue weighted by Gasteiger charge is 2.48. The standard InChI is InChI=1S/C30H36F3N7O/c1-18(20-7-6-8-22(25(20)31)30(32,33)19-9-13-40(4)14-10-19)35-26-21-15-23(29(17-34)11-12-29)28(41-5)38-27(21)37-24(36-26)16-39(2)3/h6-8,15,18-19H,9-14,16H2,1-5H3,(H,35,36,37,38)/t18-/m1/s1. The molecule has 1 aliphatic carbocycles. The van der Waals surface area contributed by atoms with E-state index in [0.717, 1.165) is 0 Å². The van der Waals surface area contributed by atoms with Crippen molar-refractivity contribution in [2.24, 2.45) is 5.92 Å². The lowest BCUT2D eigenvalue weighted by Gasteiger charge is -2.34. The first-order valence-corrected chi connectivity index (χ1v) is 13.9. The molecule has 41 heavy (non-hydrogen) atoms. The van der Waals surface area contributed by atoms with Crippen molar-refractivity contribution in [1.82, 2.24) is 24.8 Å². The molecule has 0 spiro atoms. The number of nitrogens with one attached hydrogen (secondary N) is 1.